The lowest BCUT2D eigenvalue weighted by Gasteiger charge is -2.13. The van der Waals surface area contributed by atoms with Crippen LogP contribution in [0.2, 0.25) is 0 Å². The number of rotatable bonds is 7. The molecule has 0 unspecified atom stereocenters. The molecule has 0 atom stereocenters. The molecule has 0 aliphatic carbocycles. The smallest absolute Gasteiger partial charge is 0.270 e. The molecular weight excluding hydrogens is 352 g/mol. The van der Waals surface area contributed by atoms with Crippen molar-refractivity contribution >= 4 is 23.0 Å². The highest BCUT2D eigenvalue weighted by molar-refractivity contribution is 5.92. The number of hydrogen-bond acceptors (Lipinski definition) is 5. The molecule has 0 spiro atoms. The molecule has 6 heteroatoms. The summed E-state index contributed by atoms with van der Waals surface area (Å²) in [5.74, 6) is 0.517. The fraction of sp³-hybridized carbons (Fsp3) is 0.182. The summed E-state index contributed by atoms with van der Waals surface area (Å²) in [6.07, 6.45) is 1.65. The first-order valence-corrected chi connectivity index (χ1v) is 8.97. The van der Waals surface area contributed by atoms with Crippen molar-refractivity contribution in [1.82, 2.24) is 10.3 Å². The maximum atomic E-state index is 12.3. The van der Waals surface area contributed by atoms with Gasteiger partial charge in [0.15, 0.2) is 0 Å². The standard InChI is InChI=1S/C22H24N4O2/c1-26(2)19-11-8-17(9-12-19)25-18-10-13-20(23-15-18)22(27)24-14-16-6-4-5-7-21(16)28-3/h4-13,15,25H,14H2,1-3H3,(H,24,27). The molecule has 0 radical (unpaired) electrons. The SMILES string of the molecule is COc1ccccc1CNC(=O)c1ccc(Nc2ccc(N(C)C)cc2)cn1. The zero-order chi connectivity index (χ0) is 19.9. The van der Waals surface area contributed by atoms with Gasteiger partial charge in [0.25, 0.3) is 5.91 Å². The van der Waals surface area contributed by atoms with Gasteiger partial charge in [-0.25, -0.2) is 4.98 Å². The molecule has 0 fully saturated rings. The van der Waals surface area contributed by atoms with Gasteiger partial charge in [0.1, 0.15) is 11.4 Å². The number of nitrogens with zero attached hydrogens (tertiary/aromatic N) is 2. The van der Waals surface area contributed by atoms with Crippen LogP contribution in [0.4, 0.5) is 17.1 Å². The Morgan fingerprint density at radius 1 is 1.00 bits per heavy atom. The monoisotopic (exact) mass is 376 g/mol. The predicted molar refractivity (Wildman–Crippen MR) is 112 cm³/mol. The Labute approximate surface area is 165 Å². The molecule has 144 valence electrons. The van der Waals surface area contributed by atoms with Gasteiger partial charge in [0.05, 0.1) is 19.0 Å². The molecule has 3 rings (SSSR count). The number of carbonyl (C=O) groups excluding carboxylic acids is 1. The van der Waals surface area contributed by atoms with Crippen molar-refractivity contribution < 1.29 is 9.53 Å². The number of benzene rings is 2. The molecule has 2 aromatic carbocycles. The van der Waals surface area contributed by atoms with Crippen LogP contribution >= 0.6 is 0 Å². The van der Waals surface area contributed by atoms with Crippen LogP contribution < -0.4 is 20.3 Å². The number of aromatic nitrogens is 1. The van der Waals surface area contributed by atoms with Crippen molar-refractivity contribution in [3.05, 3.63) is 78.1 Å². The van der Waals surface area contributed by atoms with Gasteiger partial charge in [-0.2, -0.15) is 0 Å². The predicted octanol–water partition coefficient (Wildman–Crippen LogP) is 3.83. The first-order valence-electron chi connectivity index (χ1n) is 8.97. The van der Waals surface area contributed by atoms with Crippen LogP contribution in [0.25, 0.3) is 0 Å². The van der Waals surface area contributed by atoms with Gasteiger partial charge in [0.2, 0.25) is 0 Å². The van der Waals surface area contributed by atoms with Crippen LogP contribution in [0, 0.1) is 0 Å². The van der Waals surface area contributed by atoms with E-state index in [1.807, 2.05) is 73.6 Å². The van der Waals surface area contributed by atoms with Crippen molar-refractivity contribution in [2.24, 2.45) is 0 Å². The maximum Gasteiger partial charge on any atom is 0.270 e. The molecule has 1 amide bonds. The topological polar surface area (TPSA) is 66.5 Å². The van der Waals surface area contributed by atoms with Gasteiger partial charge in [-0.15, -0.1) is 0 Å². The Bertz CT molecular complexity index is 922. The van der Waals surface area contributed by atoms with Crippen LogP contribution in [-0.4, -0.2) is 32.1 Å². The molecule has 0 saturated heterocycles. The molecule has 0 saturated carbocycles. The molecule has 1 aromatic heterocycles. The van der Waals surface area contributed by atoms with E-state index in [0.717, 1.165) is 28.4 Å². The summed E-state index contributed by atoms with van der Waals surface area (Å²) < 4.78 is 5.30. The van der Waals surface area contributed by atoms with E-state index in [1.54, 1.807) is 19.4 Å². The Morgan fingerprint density at radius 3 is 2.36 bits per heavy atom. The third-order valence-corrected chi connectivity index (χ3v) is 4.30. The fourth-order valence-corrected chi connectivity index (χ4v) is 2.73. The summed E-state index contributed by atoms with van der Waals surface area (Å²) in [7, 11) is 5.62. The summed E-state index contributed by atoms with van der Waals surface area (Å²) in [5.41, 5.74) is 4.19. The third-order valence-electron chi connectivity index (χ3n) is 4.30. The minimum atomic E-state index is -0.229. The zero-order valence-corrected chi connectivity index (χ0v) is 16.3. The van der Waals surface area contributed by atoms with E-state index in [-0.39, 0.29) is 5.91 Å². The first kappa shape index (κ1) is 19.2. The lowest BCUT2D eigenvalue weighted by molar-refractivity contribution is 0.0945. The number of ether oxygens (including phenoxy) is 1. The van der Waals surface area contributed by atoms with Gasteiger partial charge in [0, 0.05) is 37.6 Å². The van der Waals surface area contributed by atoms with Gasteiger partial charge >= 0.3 is 0 Å². The van der Waals surface area contributed by atoms with E-state index in [1.165, 1.54) is 0 Å². The Morgan fingerprint density at radius 2 is 1.71 bits per heavy atom. The second kappa shape index (κ2) is 8.90. The highest BCUT2D eigenvalue weighted by Crippen LogP contribution is 2.20. The van der Waals surface area contributed by atoms with E-state index in [4.69, 9.17) is 4.74 Å². The van der Waals surface area contributed by atoms with Crippen LogP contribution in [0.3, 0.4) is 0 Å². The van der Waals surface area contributed by atoms with Crippen LogP contribution in [0.5, 0.6) is 5.75 Å². The van der Waals surface area contributed by atoms with Crippen molar-refractivity contribution in [3.8, 4) is 5.75 Å². The van der Waals surface area contributed by atoms with Crippen LogP contribution in [0.15, 0.2) is 66.9 Å². The number of amides is 1. The molecule has 0 aliphatic heterocycles. The van der Waals surface area contributed by atoms with Crippen LogP contribution in [0.1, 0.15) is 16.1 Å². The van der Waals surface area contributed by atoms with Crippen molar-refractivity contribution in [1.29, 1.82) is 0 Å². The normalized spacial score (nSPS) is 10.2. The molecule has 3 aromatic rings. The summed E-state index contributed by atoms with van der Waals surface area (Å²) in [6.45, 7) is 0.378. The second-order valence-corrected chi connectivity index (χ2v) is 6.49. The summed E-state index contributed by atoms with van der Waals surface area (Å²) >= 11 is 0. The number of pyridine rings is 1. The van der Waals surface area contributed by atoms with E-state index >= 15 is 0 Å². The maximum absolute atomic E-state index is 12.3. The number of methoxy groups -OCH3 is 1. The van der Waals surface area contributed by atoms with Gasteiger partial charge in [-0.1, -0.05) is 18.2 Å². The Balaban J connectivity index is 1.59. The van der Waals surface area contributed by atoms with Crippen molar-refractivity contribution in [2.45, 2.75) is 6.54 Å². The molecule has 0 bridgehead atoms. The van der Waals surface area contributed by atoms with E-state index in [0.29, 0.717) is 12.2 Å². The lowest BCUT2D eigenvalue weighted by Crippen LogP contribution is -2.24. The third kappa shape index (κ3) is 4.79. The Hall–Kier alpha value is -3.54. The van der Waals surface area contributed by atoms with Gasteiger partial charge in [-0.3, -0.25) is 4.79 Å². The molecule has 28 heavy (non-hydrogen) atoms. The molecular formula is C22H24N4O2. The Kier molecular flexibility index (Phi) is 6.11. The fourth-order valence-electron chi connectivity index (χ4n) is 2.73. The number of carbonyl (C=O) groups is 1. The summed E-state index contributed by atoms with van der Waals surface area (Å²) in [5, 5.41) is 6.15. The summed E-state index contributed by atoms with van der Waals surface area (Å²) in [4.78, 5) is 18.7. The average Bonchev–Trinajstić information content (AvgIpc) is 2.73. The second-order valence-electron chi connectivity index (χ2n) is 6.49. The van der Waals surface area contributed by atoms with Gasteiger partial charge in [-0.05, 0) is 42.5 Å². The quantitative estimate of drug-likeness (QED) is 0.656. The minimum Gasteiger partial charge on any atom is -0.496 e. The van der Waals surface area contributed by atoms with Crippen molar-refractivity contribution in [3.63, 3.8) is 0 Å². The number of nitrogens with one attached hydrogen (secondary N) is 2. The number of anilines is 3. The molecule has 6 nitrogen and oxygen atoms in total. The highest BCUT2D eigenvalue weighted by atomic mass is 16.5. The minimum absolute atomic E-state index is 0.229. The van der Waals surface area contributed by atoms with E-state index in [2.05, 4.69) is 15.6 Å². The molecule has 0 aliphatic rings. The highest BCUT2D eigenvalue weighted by Gasteiger charge is 2.09. The number of para-hydroxylation sites is 1. The van der Waals surface area contributed by atoms with E-state index < -0.39 is 0 Å². The summed E-state index contributed by atoms with van der Waals surface area (Å²) in [6, 6.07) is 19.2. The first-order chi connectivity index (χ1) is 13.6. The van der Waals surface area contributed by atoms with Gasteiger partial charge < -0.3 is 20.3 Å². The lowest BCUT2D eigenvalue weighted by atomic mass is 10.2. The zero-order valence-electron chi connectivity index (χ0n) is 16.3. The van der Waals surface area contributed by atoms with E-state index in [9.17, 15) is 4.79 Å². The largest absolute Gasteiger partial charge is 0.496 e. The van der Waals surface area contributed by atoms with Crippen LogP contribution in [-0.2, 0) is 6.54 Å². The average molecular weight is 376 g/mol. The molecule has 1 heterocycles. The number of hydrogen-bond donors (Lipinski definition) is 2. The van der Waals surface area contributed by atoms with Crippen molar-refractivity contribution in [2.75, 3.05) is 31.4 Å². The molecule has 2 N–H and O–H groups in total.